The Morgan fingerprint density at radius 2 is 1.25 bits per heavy atom. The van der Waals surface area contributed by atoms with Crippen molar-refractivity contribution >= 4 is 0 Å². The van der Waals surface area contributed by atoms with Crippen LogP contribution in [0, 0.1) is 6.42 Å². The van der Waals surface area contributed by atoms with Crippen molar-refractivity contribution in [2.75, 3.05) is 0 Å². The van der Waals surface area contributed by atoms with Gasteiger partial charge in [-0.2, -0.15) is 13.8 Å². The Morgan fingerprint density at radius 3 is 1.25 bits per heavy atom. The Hall–Kier alpha value is 0.584. The van der Waals surface area contributed by atoms with Crippen LogP contribution >= 0.6 is 0 Å². The molecule has 0 aliphatic rings. The van der Waals surface area contributed by atoms with Gasteiger partial charge in [0.05, 0.1) is 0 Å². The standard InChI is InChI=1S/C3H7.V/c1-3-2;/h3H,1-2H3;/q-1;. The molecule has 0 amide bonds. The van der Waals surface area contributed by atoms with Crippen LogP contribution in [-0.2, 0) is 18.6 Å². The van der Waals surface area contributed by atoms with Gasteiger partial charge in [0.2, 0.25) is 0 Å². The molecule has 0 aromatic carbocycles. The molecule has 0 fully saturated rings. The molecule has 0 rings (SSSR count). The van der Waals surface area contributed by atoms with Crippen molar-refractivity contribution < 1.29 is 18.6 Å². The number of rotatable bonds is 0. The summed E-state index contributed by atoms with van der Waals surface area (Å²) in [7, 11) is 0. The second kappa shape index (κ2) is 9.54. The molecule has 0 saturated carbocycles. The zero-order valence-corrected chi connectivity index (χ0v) is 4.42. The molecule has 0 saturated heterocycles. The molecule has 0 atom stereocenters. The fraction of sp³-hybridized carbons (Fsp3) is 0.667. The minimum absolute atomic E-state index is 0. The van der Waals surface area contributed by atoms with Gasteiger partial charge < -0.3 is 6.42 Å². The summed E-state index contributed by atoms with van der Waals surface area (Å²) in [6, 6.07) is 0. The summed E-state index contributed by atoms with van der Waals surface area (Å²) in [5.74, 6) is 0. The van der Waals surface area contributed by atoms with E-state index in [4.69, 9.17) is 0 Å². The first-order valence-electron chi connectivity index (χ1n) is 1.15. The fourth-order valence-electron chi connectivity index (χ4n) is 0. The Labute approximate surface area is 39.5 Å². The average molecular weight is 94.0 g/mol. The van der Waals surface area contributed by atoms with Crippen molar-refractivity contribution in [2.24, 2.45) is 0 Å². The number of hydrogen-bond acceptors (Lipinski definition) is 0. The molecule has 0 aromatic rings. The summed E-state index contributed by atoms with van der Waals surface area (Å²) in [5.41, 5.74) is 0. The molecule has 1 heteroatoms. The normalized spacial score (nSPS) is 4.50. The van der Waals surface area contributed by atoms with Crippen LogP contribution < -0.4 is 0 Å². The van der Waals surface area contributed by atoms with Gasteiger partial charge in [0.15, 0.2) is 0 Å². The van der Waals surface area contributed by atoms with E-state index in [-0.39, 0.29) is 18.6 Å². The topological polar surface area (TPSA) is 0 Å². The first-order valence-corrected chi connectivity index (χ1v) is 1.15. The van der Waals surface area contributed by atoms with Crippen LogP contribution in [0.15, 0.2) is 0 Å². The van der Waals surface area contributed by atoms with E-state index in [2.05, 4.69) is 0 Å². The number of hydrogen-bond donors (Lipinski definition) is 0. The molecule has 4 heavy (non-hydrogen) atoms. The van der Waals surface area contributed by atoms with E-state index in [1.165, 1.54) is 0 Å². The fourth-order valence-corrected chi connectivity index (χ4v) is 0. The van der Waals surface area contributed by atoms with Crippen LogP contribution in [0.4, 0.5) is 0 Å². The van der Waals surface area contributed by atoms with Crippen LogP contribution in [0.25, 0.3) is 0 Å². The van der Waals surface area contributed by atoms with E-state index in [1.54, 1.807) is 0 Å². The van der Waals surface area contributed by atoms with Crippen LogP contribution in [0.2, 0.25) is 0 Å². The SMILES string of the molecule is C[CH-]C.[V]. The van der Waals surface area contributed by atoms with Crippen molar-refractivity contribution in [3.63, 3.8) is 0 Å². The van der Waals surface area contributed by atoms with Gasteiger partial charge in [0, 0.05) is 18.6 Å². The second-order valence-electron chi connectivity index (χ2n) is 0.577. The first-order chi connectivity index (χ1) is 1.41. The molecular formula is C3H7V-. The zero-order valence-electron chi connectivity index (χ0n) is 3.02. The summed E-state index contributed by atoms with van der Waals surface area (Å²) in [6.07, 6.45) is 2.00. The van der Waals surface area contributed by atoms with Crippen molar-refractivity contribution in [3.8, 4) is 0 Å². The molecule has 25 valence electrons. The maximum Gasteiger partial charge on any atom is 0 e. The monoisotopic (exact) mass is 94.0 g/mol. The second-order valence-corrected chi connectivity index (χ2v) is 0.577. The van der Waals surface area contributed by atoms with E-state index in [1.807, 2.05) is 20.3 Å². The molecular weight excluding hydrogens is 87.0 g/mol. The van der Waals surface area contributed by atoms with Crippen molar-refractivity contribution in [1.82, 2.24) is 0 Å². The molecule has 0 aromatic heterocycles. The minimum Gasteiger partial charge on any atom is -0.335 e. The molecule has 0 bridgehead atoms. The smallest absolute Gasteiger partial charge is 0 e. The van der Waals surface area contributed by atoms with Crippen LogP contribution in [-0.4, -0.2) is 0 Å². The van der Waals surface area contributed by atoms with Gasteiger partial charge in [-0.15, -0.1) is 0 Å². The van der Waals surface area contributed by atoms with E-state index in [9.17, 15) is 0 Å². The van der Waals surface area contributed by atoms with E-state index in [0.717, 1.165) is 0 Å². The molecule has 0 unspecified atom stereocenters. The van der Waals surface area contributed by atoms with Crippen molar-refractivity contribution in [2.45, 2.75) is 13.8 Å². The van der Waals surface area contributed by atoms with Gasteiger partial charge >= 0.3 is 0 Å². The third kappa shape index (κ3) is 19.0. The Balaban J connectivity index is 0. The molecule has 0 aliphatic carbocycles. The van der Waals surface area contributed by atoms with Crippen LogP contribution in [0.1, 0.15) is 13.8 Å². The predicted octanol–water partition coefficient (Wildman–Crippen LogP) is 1.23. The maximum atomic E-state index is 2.00. The van der Waals surface area contributed by atoms with Gasteiger partial charge in [0.1, 0.15) is 0 Å². The third-order valence-electron chi connectivity index (χ3n) is 0. The van der Waals surface area contributed by atoms with Crippen LogP contribution in [0.5, 0.6) is 0 Å². The van der Waals surface area contributed by atoms with Gasteiger partial charge in [-0.1, -0.05) is 0 Å². The third-order valence-corrected chi connectivity index (χ3v) is 0. The van der Waals surface area contributed by atoms with Gasteiger partial charge in [-0.05, 0) is 0 Å². The predicted molar refractivity (Wildman–Crippen MR) is 15.6 cm³/mol. The van der Waals surface area contributed by atoms with Crippen molar-refractivity contribution in [3.05, 3.63) is 6.42 Å². The molecule has 0 N–H and O–H groups in total. The van der Waals surface area contributed by atoms with Gasteiger partial charge in [-0.25, -0.2) is 0 Å². The molecule has 1 radical (unpaired) electrons. The molecule has 0 heterocycles. The minimum atomic E-state index is 0. The Morgan fingerprint density at radius 1 is 1.25 bits per heavy atom. The van der Waals surface area contributed by atoms with Gasteiger partial charge in [-0.3, -0.25) is 0 Å². The maximum absolute atomic E-state index is 2.00. The Kier molecular flexibility index (Phi) is 21.0. The molecule has 0 spiro atoms. The summed E-state index contributed by atoms with van der Waals surface area (Å²) in [6.45, 7) is 4.00. The molecule has 0 aliphatic heterocycles. The quantitative estimate of drug-likeness (QED) is 0.396. The largest absolute Gasteiger partial charge is 0.335 e. The van der Waals surface area contributed by atoms with Crippen molar-refractivity contribution in [1.29, 1.82) is 0 Å². The zero-order chi connectivity index (χ0) is 2.71. The first kappa shape index (κ1) is 8.82. The summed E-state index contributed by atoms with van der Waals surface area (Å²) in [5, 5.41) is 0. The summed E-state index contributed by atoms with van der Waals surface area (Å²) >= 11 is 0. The van der Waals surface area contributed by atoms with Crippen LogP contribution in [0.3, 0.4) is 0 Å². The molecule has 0 nitrogen and oxygen atoms in total. The average Bonchev–Trinajstić information content (AvgIpc) is 0.918. The van der Waals surface area contributed by atoms with E-state index < -0.39 is 0 Å². The summed E-state index contributed by atoms with van der Waals surface area (Å²) < 4.78 is 0. The summed E-state index contributed by atoms with van der Waals surface area (Å²) in [4.78, 5) is 0. The Bertz CT molecular complexity index is 3.25. The van der Waals surface area contributed by atoms with Gasteiger partial charge in [0.25, 0.3) is 0 Å². The van der Waals surface area contributed by atoms with E-state index in [0.29, 0.717) is 0 Å². The van der Waals surface area contributed by atoms with E-state index >= 15 is 0 Å².